The molecule has 0 unspecified atom stereocenters. The van der Waals surface area contributed by atoms with Gasteiger partial charge in [0.25, 0.3) is 0 Å². The Morgan fingerprint density at radius 2 is 2.00 bits per heavy atom. The van der Waals surface area contributed by atoms with Crippen LogP contribution in [-0.4, -0.2) is 18.8 Å². The fraction of sp³-hybridized carbons (Fsp3) is 0.667. The summed E-state index contributed by atoms with van der Waals surface area (Å²) in [6, 6.07) is -4.02. The third-order valence-electron chi connectivity index (χ3n) is 0.453. The van der Waals surface area contributed by atoms with E-state index in [-0.39, 0.29) is 0 Å². The Balaban J connectivity index is 3.71. The van der Waals surface area contributed by atoms with Gasteiger partial charge in [-0.2, -0.15) is 8.78 Å². The van der Waals surface area contributed by atoms with Gasteiger partial charge in [-0.1, -0.05) is 0 Å². The summed E-state index contributed by atoms with van der Waals surface area (Å²) >= 11 is 0. The molecule has 0 heterocycles. The number of amides is 1. The molecule has 0 aromatic heterocycles. The van der Waals surface area contributed by atoms with Crippen LogP contribution in [0.25, 0.3) is 0 Å². The predicted octanol–water partition coefficient (Wildman–Crippen LogP) is 0.689. The number of rotatable bonds is 2. The minimum Gasteiger partial charge on any atom is -0.257 e. The van der Waals surface area contributed by atoms with Gasteiger partial charge in [-0.15, -0.1) is 0 Å². The summed E-state index contributed by atoms with van der Waals surface area (Å²) in [5.41, 5.74) is 0. The third-order valence-corrected chi connectivity index (χ3v) is 0.453. The molecule has 0 aliphatic rings. The minimum atomic E-state index is -4.02. The highest BCUT2D eigenvalue weighted by atomic mass is 19.3. The molecule has 0 aromatic rings. The standard InChI is InChI=1S/C3H3F3NO2/c4-1-3(5,6)7-2(8)9/h7H,1H2. The first-order valence-electron chi connectivity index (χ1n) is 1.91. The Bertz CT molecular complexity index is 116. The molecule has 0 saturated carbocycles. The molecule has 0 aliphatic carbocycles. The quantitative estimate of drug-likeness (QED) is 0.566. The van der Waals surface area contributed by atoms with Crippen LogP contribution >= 0.6 is 0 Å². The van der Waals surface area contributed by atoms with Crippen molar-refractivity contribution in [1.29, 1.82) is 0 Å². The Labute approximate surface area is 48.5 Å². The van der Waals surface area contributed by atoms with Crippen LogP contribution in [0.1, 0.15) is 0 Å². The van der Waals surface area contributed by atoms with Gasteiger partial charge in [0, 0.05) is 0 Å². The van der Waals surface area contributed by atoms with Crippen LogP contribution in [0.2, 0.25) is 0 Å². The molecule has 1 radical (unpaired) electrons. The van der Waals surface area contributed by atoms with E-state index >= 15 is 0 Å². The maximum atomic E-state index is 11.5. The van der Waals surface area contributed by atoms with Crippen molar-refractivity contribution in [2.24, 2.45) is 0 Å². The van der Waals surface area contributed by atoms with Crippen molar-refractivity contribution in [3.63, 3.8) is 0 Å². The van der Waals surface area contributed by atoms with E-state index in [2.05, 4.69) is 0 Å². The molecule has 0 aliphatic heterocycles. The van der Waals surface area contributed by atoms with E-state index in [0.29, 0.717) is 5.32 Å². The lowest BCUT2D eigenvalue weighted by Crippen LogP contribution is -2.41. The molecule has 0 rings (SSSR count). The van der Waals surface area contributed by atoms with Gasteiger partial charge >= 0.3 is 12.1 Å². The van der Waals surface area contributed by atoms with Crippen LogP contribution in [0.4, 0.5) is 18.0 Å². The number of carbonyl (C=O) groups is 1. The fourth-order valence-electron chi connectivity index (χ4n) is 0.183. The van der Waals surface area contributed by atoms with E-state index in [9.17, 15) is 23.1 Å². The highest BCUT2D eigenvalue weighted by Crippen LogP contribution is 2.07. The van der Waals surface area contributed by atoms with E-state index in [0.717, 1.165) is 0 Å². The van der Waals surface area contributed by atoms with E-state index in [1.807, 2.05) is 0 Å². The topological polar surface area (TPSA) is 49.0 Å². The first-order valence-corrected chi connectivity index (χ1v) is 1.91. The Hall–Kier alpha value is -0.940. The first-order chi connectivity index (χ1) is 3.98. The fourth-order valence-corrected chi connectivity index (χ4v) is 0.183. The Morgan fingerprint density at radius 1 is 1.56 bits per heavy atom. The lowest BCUT2D eigenvalue weighted by atomic mass is 10.6. The van der Waals surface area contributed by atoms with Gasteiger partial charge in [-0.25, -0.2) is 14.3 Å². The normalized spacial score (nSPS) is 11.0. The molecule has 0 atom stereocenters. The molecule has 1 amide bonds. The molecule has 9 heavy (non-hydrogen) atoms. The predicted molar refractivity (Wildman–Crippen MR) is 20.1 cm³/mol. The van der Waals surface area contributed by atoms with Gasteiger partial charge in [0.1, 0.15) is 0 Å². The van der Waals surface area contributed by atoms with Crippen LogP contribution in [0.5, 0.6) is 0 Å². The molecular weight excluding hydrogens is 139 g/mol. The minimum absolute atomic E-state index is 0.566. The molecule has 3 nitrogen and oxygen atoms in total. The zero-order valence-corrected chi connectivity index (χ0v) is 4.16. The van der Waals surface area contributed by atoms with E-state index < -0.39 is 18.8 Å². The molecule has 0 bridgehead atoms. The Kier molecular flexibility index (Phi) is 2.29. The molecule has 53 valence electrons. The summed E-state index contributed by atoms with van der Waals surface area (Å²) in [6.07, 6.45) is -2.20. The van der Waals surface area contributed by atoms with E-state index in [1.165, 1.54) is 0 Å². The van der Waals surface area contributed by atoms with Crippen molar-refractivity contribution in [3.8, 4) is 0 Å². The van der Waals surface area contributed by atoms with Crippen molar-refractivity contribution in [1.82, 2.24) is 5.32 Å². The smallest absolute Gasteiger partial charge is 0.257 e. The van der Waals surface area contributed by atoms with Crippen LogP contribution in [0.3, 0.4) is 0 Å². The summed E-state index contributed by atoms with van der Waals surface area (Å²) in [5.74, 6) is 0. The van der Waals surface area contributed by atoms with Crippen molar-refractivity contribution < 1.29 is 23.1 Å². The zero-order valence-electron chi connectivity index (χ0n) is 4.16. The highest BCUT2D eigenvalue weighted by Gasteiger charge is 2.31. The number of hydrogen-bond acceptors (Lipinski definition) is 1. The summed E-state index contributed by atoms with van der Waals surface area (Å²) < 4.78 is 34.0. The monoisotopic (exact) mass is 142 g/mol. The highest BCUT2D eigenvalue weighted by molar-refractivity contribution is 5.64. The summed E-state index contributed by atoms with van der Waals surface area (Å²) in [5, 5.41) is 9.87. The van der Waals surface area contributed by atoms with Gasteiger partial charge < -0.3 is 0 Å². The third kappa shape index (κ3) is 3.63. The summed E-state index contributed by atoms with van der Waals surface area (Å²) in [7, 11) is 0. The van der Waals surface area contributed by atoms with Gasteiger partial charge in [0.05, 0.1) is 0 Å². The van der Waals surface area contributed by atoms with Crippen molar-refractivity contribution in [2.75, 3.05) is 6.67 Å². The van der Waals surface area contributed by atoms with Gasteiger partial charge in [0.15, 0.2) is 6.67 Å². The number of halogens is 3. The van der Waals surface area contributed by atoms with Crippen LogP contribution in [-0.2, 0) is 5.11 Å². The first kappa shape index (κ1) is 8.06. The van der Waals surface area contributed by atoms with E-state index in [1.54, 1.807) is 0 Å². The number of carbonyl (C=O) groups excluding carboxylic acids is 1. The van der Waals surface area contributed by atoms with Crippen molar-refractivity contribution in [3.05, 3.63) is 0 Å². The summed E-state index contributed by atoms with van der Waals surface area (Å²) in [4.78, 5) is 9.30. The molecule has 0 aromatic carbocycles. The summed E-state index contributed by atoms with van der Waals surface area (Å²) in [6.45, 7) is -2.07. The molecule has 0 spiro atoms. The molecule has 0 fully saturated rings. The van der Waals surface area contributed by atoms with Crippen LogP contribution in [0.15, 0.2) is 0 Å². The van der Waals surface area contributed by atoms with Gasteiger partial charge in [-0.3, -0.25) is 5.32 Å². The average molecular weight is 142 g/mol. The second-order valence-corrected chi connectivity index (χ2v) is 1.25. The van der Waals surface area contributed by atoms with Gasteiger partial charge in [-0.05, 0) is 0 Å². The van der Waals surface area contributed by atoms with Crippen molar-refractivity contribution in [2.45, 2.75) is 6.05 Å². The van der Waals surface area contributed by atoms with Gasteiger partial charge in [0.2, 0.25) is 0 Å². The zero-order chi connectivity index (χ0) is 7.49. The average Bonchev–Trinajstić information content (AvgIpc) is 1.63. The number of nitrogens with one attached hydrogen (secondary N) is 1. The molecule has 6 heteroatoms. The Morgan fingerprint density at radius 3 is 2.11 bits per heavy atom. The van der Waals surface area contributed by atoms with Crippen LogP contribution in [0, 0.1) is 0 Å². The van der Waals surface area contributed by atoms with E-state index in [4.69, 9.17) is 0 Å². The van der Waals surface area contributed by atoms with Crippen molar-refractivity contribution >= 4 is 6.09 Å². The number of alkyl halides is 3. The second kappa shape index (κ2) is 2.56. The molecule has 1 N–H and O–H groups in total. The largest absolute Gasteiger partial charge is 0.455 e. The SMILES string of the molecule is [O]C(=O)NC(F)(F)CF. The maximum Gasteiger partial charge on any atom is 0.455 e. The maximum absolute atomic E-state index is 11.5. The lowest BCUT2D eigenvalue weighted by molar-refractivity contribution is -0.0504. The lowest BCUT2D eigenvalue weighted by Gasteiger charge is -2.08. The second-order valence-electron chi connectivity index (χ2n) is 1.25. The van der Waals surface area contributed by atoms with Crippen LogP contribution < -0.4 is 5.32 Å². The molecule has 0 saturated heterocycles. The number of hydrogen-bond donors (Lipinski definition) is 1. The molecular formula is C3H3F3NO2.